The average molecular weight is 473 g/mol. The lowest BCUT2D eigenvalue weighted by atomic mass is 10.2. The average Bonchev–Trinajstić information content (AvgIpc) is 2.72. The highest BCUT2D eigenvalue weighted by molar-refractivity contribution is 6.33. The summed E-state index contributed by atoms with van der Waals surface area (Å²) in [7, 11) is 0. The van der Waals surface area contributed by atoms with E-state index in [0.717, 1.165) is 0 Å². The van der Waals surface area contributed by atoms with Crippen LogP contribution in [0.3, 0.4) is 0 Å². The Morgan fingerprint density at radius 3 is 2.16 bits per heavy atom. The lowest BCUT2D eigenvalue weighted by Gasteiger charge is -2.11. The number of carbonyl (C=O) groups is 1. The monoisotopic (exact) mass is 471 g/mol. The molecule has 1 N–H and O–H groups in total. The third-order valence-electron chi connectivity index (χ3n) is 3.82. The van der Waals surface area contributed by atoms with Gasteiger partial charge in [0.05, 0.1) is 34.0 Å². The number of hydrogen-bond donors (Lipinski definition) is 1. The third kappa shape index (κ3) is 6.28. The van der Waals surface area contributed by atoms with Gasteiger partial charge in [-0.2, -0.15) is 10.5 Å². The molecule has 0 saturated carbocycles. The molecule has 6 nitrogen and oxygen atoms in total. The highest BCUT2D eigenvalue weighted by Crippen LogP contribution is 2.31. The lowest BCUT2D eigenvalue weighted by molar-refractivity contribution is -0.118. The van der Waals surface area contributed by atoms with Crippen LogP contribution in [-0.4, -0.2) is 12.5 Å². The SMILES string of the molecule is N#Cc1cc(Cl)cc(Oc2cc(Cl)cc(OCC(=O)Nc3ccc(C#N)cc3Cl)c2)c1. The molecule has 0 heterocycles. The molecule has 0 spiro atoms. The standard InChI is InChI=1S/C22H12Cl3N3O3/c23-15-3-14(11-27)4-18(7-15)31-19-8-16(24)6-17(9-19)30-12-22(29)28-21-2-1-13(10-26)5-20(21)25/h1-9H,12H2,(H,28,29). The molecule has 0 aliphatic carbocycles. The molecule has 31 heavy (non-hydrogen) atoms. The topological polar surface area (TPSA) is 95.1 Å². The number of benzene rings is 3. The van der Waals surface area contributed by atoms with Crippen LogP contribution >= 0.6 is 34.8 Å². The molecule has 0 bridgehead atoms. The number of carbonyl (C=O) groups excluding carboxylic acids is 1. The number of halogens is 3. The van der Waals surface area contributed by atoms with Gasteiger partial charge in [0.25, 0.3) is 5.91 Å². The van der Waals surface area contributed by atoms with Crippen molar-refractivity contribution in [1.82, 2.24) is 0 Å². The number of anilines is 1. The number of ether oxygens (including phenoxy) is 2. The van der Waals surface area contributed by atoms with E-state index >= 15 is 0 Å². The highest BCUT2D eigenvalue weighted by Gasteiger charge is 2.10. The highest BCUT2D eigenvalue weighted by atomic mass is 35.5. The van der Waals surface area contributed by atoms with E-state index in [2.05, 4.69) is 5.32 Å². The summed E-state index contributed by atoms with van der Waals surface area (Å²) < 4.78 is 11.2. The van der Waals surface area contributed by atoms with Crippen molar-refractivity contribution < 1.29 is 14.3 Å². The van der Waals surface area contributed by atoms with Crippen LogP contribution < -0.4 is 14.8 Å². The van der Waals surface area contributed by atoms with Crippen molar-refractivity contribution in [3.8, 4) is 29.4 Å². The van der Waals surface area contributed by atoms with E-state index in [1.807, 2.05) is 12.1 Å². The molecule has 9 heteroatoms. The fourth-order valence-corrected chi connectivity index (χ4v) is 3.19. The molecule has 3 aromatic carbocycles. The zero-order valence-corrected chi connectivity index (χ0v) is 17.9. The molecule has 154 valence electrons. The minimum atomic E-state index is -0.456. The molecule has 0 radical (unpaired) electrons. The van der Waals surface area contributed by atoms with Gasteiger partial charge in [-0.3, -0.25) is 4.79 Å². The number of hydrogen-bond acceptors (Lipinski definition) is 5. The Morgan fingerprint density at radius 1 is 0.839 bits per heavy atom. The van der Waals surface area contributed by atoms with Crippen LogP contribution in [0.4, 0.5) is 5.69 Å². The van der Waals surface area contributed by atoms with E-state index in [1.165, 1.54) is 36.4 Å². The van der Waals surface area contributed by atoms with Crippen molar-refractivity contribution in [2.24, 2.45) is 0 Å². The van der Waals surface area contributed by atoms with Gasteiger partial charge >= 0.3 is 0 Å². The Balaban J connectivity index is 1.67. The van der Waals surface area contributed by atoms with Crippen LogP contribution in [0.5, 0.6) is 17.2 Å². The molecular formula is C22H12Cl3N3O3. The quantitative estimate of drug-likeness (QED) is 0.461. The fourth-order valence-electron chi connectivity index (χ4n) is 2.52. The van der Waals surface area contributed by atoms with Gasteiger partial charge in [0.2, 0.25) is 0 Å². The van der Waals surface area contributed by atoms with Gasteiger partial charge in [-0.05, 0) is 48.5 Å². The molecule has 1 amide bonds. The molecule has 0 aliphatic rings. The zero-order valence-electron chi connectivity index (χ0n) is 15.7. The fraction of sp³-hybridized carbons (Fsp3) is 0.0455. The van der Waals surface area contributed by atoms with Crippen LogP contribution in [0.25, 0.3) is 0 Å². The molecular weight excluding hydrogens is 461 g/mol. The second kappa shape index (κ2) is 10.1. The van der Waals surface area contributed by atoms with Crippen molar-refractivity contribution in [2.45, 2.75) is 0 Å². The maximum atomic E-state index is 12.2. The zero-order chi connectivity index (χ0) is 22.4. The Kier molecular flexibility index (Phi) is 7.23. The van der Waals surface area contributed by atoms with E-state index in [4.69, 9.17) is 54.8 Å². The summed E-state index contributed by atoms with van der Waals surface area (Å²) in [5.74, 6) is 0.531. The Hall–Kier alpha value is -3.42. The van der Waals surface area contributed by atoms with Gasteiger partial charge in [-0.15, -0.1) is 0 Å². The number of amides is 1. The van der Waals surface area contributed by atoms with Gasteiger partial charge in [0, 0.05) is 16.1 Å². The number of nitrogens with zero attached hydrogens (tertiary/aromatic N) is 2. The predicted molar refractivity (Wildman–Crippen MR) is 118 cm³/mol. The van der Waals surface area contributed by atoms with E-state index in [1.54, 1.807) is 18.2 Å². The van der Waals surface area contributed by atoms with Crippen LogP contribution in [0.2, 0.25) is 15.1 Å². The van der Waals surface area contributed by atoms with Crippen molar-refractivity contribution in [3.05, 3.63) is 80.8 Å². The van der Waals surface area contributed by atoms with E-state index in [9.17, 15) is 4.79 Å². The second-order valence-electron chi connectivity index (χ2n) is 6.16. The third-order valence-corrected chi connectivity index (χ3v) is 4.57. The van der Waals surface area contributed by atoms with Gasteiger partial charge in [-0.25, -0.2) is 0 Å². The van der Waals surface area contributed by atoms with E-state index in [0.29, 0.717) is 44.1 Å². The summed E-state index contributed by atoms with van der Waals surface area (Å²) in [4.78, 5) is 12.2. The maximum Gasteiger partial charge on any atom is 0.262 e. The van der Waals surface area contributed by atoms with Crippen LogP contribution in [-0.2, 0) is 4.79 Å². The van der Waals surface area contributed by atoms with Crippen molar-refractivity contribution in [2.75, 3.05) is 11.9 Å². The van der Waals surface area contributed by atoms with Crippen molar-refractivity contribution in [3.63, 3.8) is 0 Å². The molecule has 0 saturated heterocycles. The van der Waals surface area contributed by atoms with Crippen LogP contribution in [0.1, 0.15) is 11.1 Å². The molecule has 3 aromatic rings. The maximum absolute atomic E-state index is 12.2. The number of nitrogens with one attached hydrogen (secondary N) is 1. The summed E-state index contributed by atoms with van der Waals surface area (Å²) in [6.07, 6.45) is 0. The van der Waals surface area contributed by atoms with Gasteiger partial charge in [0.15, 0.2) is 6.61 Å². The first-order chi connectivity index (χ1) is 14.9. The number of rotatable bonds is 6. The second-order valence-corrected chi connectivity index (χ2v) is 7.44. The smallest absolute Gasteiger partial charge is 0.262 e. The first kappa shape index (κ1) is 22.3. The largest absolute Gasteiger partial charge is 0.484 e. The van der Waals surface area contributed by atoms with E-state index in [-0.39, 0.29) is 11.6 Å². The molecule has 0 aromatic heterocycles. The molecule has 0 fully saturated rings. The molecule has 0 unspecified atom stereocenters. The van der Waals surface area contributed by atoms with E-state index < -0.39 is 5.91 Å². The Bertz CT molecular complexity index is 1230. The van der Waals surface area contributed by atoms with Gasteiger partial charge in [0.1, 0.15) is 17.2 Å². The van der Waals surface area contributed by atoms with Gasteiger partial charge < -0.3 is 14.8 Å². The van der Waals surface area contributed by atoms with Crippen molar-refractivity contribution >= 4 is 46.4 Å². The van der Waals surface area contributed by atoms with Gasteiger partial charge in [-0.1, -0.05) is 34.8 Å². The molecule has 3 rings (SSSR count). The first-order valence-electron chi connectivity index (χ1n) is 8.68. The summed E-state index contributed by atoms with van der Waals surface area (Å²) in [5.41, 5.74) is 1.09. The van der Waals surface area contributed by atoms with Crippen LogP contribution in [0, 0.1) is 22.7 Å². The Labute approximate surface area is 193 Å². The first-order valence-corrected chi connectivity index (χ1v) is 9.81. The van der Waals surface area contributed by atoms with Crippen LogP contribution in [0.15, 0.2) is 54.6 Å². The predicted octanol–water partition coefficient (Wildman–Crippen LogP) is 6.20. The minimum absolute atomic E-state index is 0.240. The summed E-state index contributed by atoms with van der Waals surface area (Å²) >= 11 is 18.2. The normalized spacial score (nSPS) is 9.97. The lowest BCUT2D eigenvalue weighted by Crippen LogP contribution is -2.20. The minimum Gasteiger partial charge on any atom is -0.484 e. The summed E-state index contributed by atoms with van der Waals surface area (Å²) in [6, 6.07) is 17.7. The summed E-state index contributed by atoms with van der Waals surface area (Å²) in [6.45, 7) is -0.314. The number of nitriles is 2. The van der Waals surface area contributed by atoms with Crippen molar-refractivity contribution in [1.29, 1.82) is 10.5 Å². The molecule has 0 aliphatic heterocycles. The molecule has 0 atom stereocenters. The summed E-state index contributed by atoms with van der Waals surface area (Å²) in [5, 5.41) is 21.4. The Morgan fingerprint density at radius 2 is 1.48 bits per heavy atom.